The zero-order chi connectivity index (χ0) is 12.2. The van der Waals surface area contributed by atoms with Crippen LogP contribution in [0.25, 0.3) is 0 Å². The van der Waals surface area contributed by atoms with Crippen molar-refractivity contribution in [2.45, 2.75) is 9.85 Å². The summed E-state index contributed by atoms with van der Waals surface area (Å²) in [6.07, 6.45) is 1.32. The molecule has 2 N–H and O–H groups in total. The lowest BCUT2D eigenvalue weighted by atomic mass is 10.4. The van der Waals surface area contributed by atoms with Gasteiger partial charge in [0.05, 0.1) is 13.3 Å². The lowest BCUT2D eigenvalue weighted by Crippen LogP contribution is -2.34. The molecule has 0 saturated carbocycles. The smallest absolute Gasteiger partial charge is 0.320 e. The highest BCUT2D eigenvalue weighted by atomic mass is 79.9. The first kappa shape index (κ1) is 13.1. The van der Waals surface area contributed by atoms with Gasteiger partial charge in [0, 0.05) is 6.54 Å². The van der Waals surface area contributed by atoms with Crippen LogP contribution in [0.2, 0.25) is 0 Å². The van der Waals surface area contributed by atoms with Gasteiger partial charge in [-0.2, -0.15) is 5.10 Å². The van der Waals surface area contributed by atoms with Gasteiger partial charge in [0.15, 0.2) is 5.03 Å². The van der Waals surface area contributed by atoms with Crippen molar-refractivity contribution in [2.75, 3.05) is 13.7 Å². The molecular weight excluding hydrogens is 302 g/mol. The van der Waals surface area contributed by atoms with Crippen LogP contribution in [0.15, 0.2) is 17.3 Å². The van der Waals surface area contributed by atoms with Crippen LogP contribution in [-0.4, -0.2) is 43.1 Å². The number of hydrogen-bond donors (Lipinski definition) is 2. The molecule has 9 heteroatoms. The number of nitrogens with zero attached hydrogens (tertiary/aromatic N) is 1. The summed E-state index contributed by atoms with van der Waals surface area (Å²) in [5.41, 5.74) is 0. The summed E-state index contributed by atoms with van der Waals surface area (Å²) in [5, 5.41) is 5.77. The molecule has 0 aliphatic rings. The predicted octanol–water partition coefficient (Wildman–Crippen LogP) is -0.376. The van der Waals surface area contributed by atoms with Crippen molar-refractivity contribution in [3.05, 3.63) is 12.3 Å². The quantitative estimate of drug-likeness (QED) is 0.570. The zero-order valence-electron chi connectivity index (χ0n) is 8.31. The molecule has 0 fully saturated rings. The Balaban J connectivity index is 2.59. The molecule has 1 atom stereocenters. The third-order valence-electron chi connectivity index (χ3n) is 1.67. The zero-order valence-corrected chi connectivity index (χ0v) is 10.7. The van der Waals surface area contributed by atoms with E-state index < -0.39 is 20.8 Å². The van der Waals surface area contributed by atoms with Crippen molar-refractivity contribution in [3.63, 3.8) is 0 Å². The topological polar surface area (TPSA) is 101 Å². The molecule has 1 rings (SSSR count). The summed E-state index contributed by atoms with van der Waals surface area (Å²) >= 11 is 2.99. The van der Waals surface area contributed by atoms with Crippen LogP contribution in [0.3, 0.4) is 0 Å². The Kier molecular flexibility index (Phi) is 4.44. The molecule has 0 radical (unpaired) electrons. The van der Waals surface area contributed by atoms with Crippen molar-refractivity contribution in [1.82, 2.24) is 14.9 Å². The van der Waals surface area contributed by atoms with Crippen molar-refractivity contribution >= 4 is 31.9 Å². The van der Waals surface area contributed by atoms with Crippen molar-refractivity contribution in [3.8, 4) is 0 Å². The number of nitrogens with one attached hydrogen (secondary N) is 2. The highest BCUT2D eigenvalue weighted by molar-refractivity contribution is 9.10. The molecular formula is C7H10BrN3O4S. The van der Waals surface area contributed by atoms with Crippen LogP contribution in [-0.2, 0) is 19.6 Å². The summed E-state index contributed by atoms with van der Waals surface area (Å²) in [4.78, 5) is 10.3. The van der Waals surface area contributed by atoms with Crippen molar-refractivity contribution in [2.24, 2.45) is 0 Å². The second-order valence-corrected chi connectivity index (χ2v) is 5.60. The third-order valence-corrected chi connectivity index (χ3v) is 3.72. The second kappa shape index (κ2) is 5.41. The Labute approximate surface area is 101 Å². The fourth-order valence-electron chi connectivity index (χ4n) is 0.865. The minimum absolute atomic E-state index is 0.0583. The Morgan fingerprint density at radius 2 is 2.44 bits per heavy atom. The number of carbonyl (C=O) groups excluding carboxylic acids is 1. The SMILES string of the molecule is COC(=O)C(Br)CNS(=O)(=O)c1ccn[nH]1. The monoisotopic (exact) mass is 311 g/mol. The largest absolute Gasteiger partial charge is 0.468 e. The summed E-state index contributed by atoms with van der Waals surface area (Å²) in [5.74, 6) is -0.549. The molecule has 0 aliphatic heterocycles. The van der Waals surface area contributed by atoms with Gasteiger partial charge in [0.1, 0.15) is 4.83 Å². The minimum Gasteiger partial charge on any atom is -0.468 e. The Morgan fingerprint density at radius 3 is 2.94 bits per heavy atom. The van der Waals surface area contributed by atoms with Gasteiger partial charge >= 0.3 is 5.97 Å². The van der Waals surface area contributed by atoms with E-state index >= 15 is 0 Å². The van der Waals surface area contributed by atoms with Crippen LogP contribution in [0.4, 0.5) is 0 Å². The number of esters is 1. The van der Waals surface area contributed by atoms with E-state index in [0.29, 0.717) is 0 Å². The standard InChI is InChI=1S/C7H10BrN3O4S/c1-15-7(12)5(8)4-10-16(13,14)6-2-3-9-11-6/h2-3,5,10H,4H2,1H3,(H,9,11). The van der Waals surface area contributed by atoms with Gasteiger partial charge in [0.2, 0.25) is 0 Å². The van der Waals surface area contributed by atoms with Crippen molar-refractivity contribution < 1.29 is 17.9 Å². The van der Waals surface area contributed by atoms with Crippen LogP contribution < -0.4 is 4.72 Å². The average Bonchev–Trinajstić information content (AvgIpc) is 2.78. The number of H-pyrrole nitrogens is 1. The van der Waals surface area contributed by atoms with E-state index in [2.05, 4.69) is 35.6 Å². The fraction of sp³-hybridized carbons (Fsp3) is 0.429. The van der Waals surface area contributed by atoms with E-state index in [-0.39, 0.29) is 11.6 Å². The van der Waals surface area contributed by atoms with E-state index in [1.54, 1.807) is 0 Å². The van der Waals surface area contributed by atoms with E-state index in [9.17, 15) is 13.2 Å². The number of rotatable bonds is 5. The molecule has 0 aliphatic carbocycles. The Bertz CT molecular complexity index is 444. The summed E-state index contributed by atoms with van der Waals surface area (Å²) in [7, 11) is -2.44. The Morgan fingerprint density at radius 1 is 1.75 bits per heavy atom. The lowest BCUT2D eigenvalue weighted by Gasteiger charge is -2.08. The molecule has 1 unspecified atom stereocenters. The number of carbonyl (C=O) groups is 1. The number of hydrogen-bond acceptors (Lipinski definition) is 5. The first-order valence-corrected chi connectivity index (χ1v) is 6.58. The van der Waals surface area contributed by atoms with Gasteiger partial charge in [-0.15, -0.1) is 0 Å². The normalized spacial score (nSPS) is 13.4. The molecule has 0 amide bonds. The molecule has 0 aromatic carbocycles. The minimum atomic E-state index is -3.66. The third kappa shape index (κ3) is 3.29. The average molecular weight is 312 g/mol. The molecule has 0 bridgehead atoms. The van der Waals surface area contributed by atoms with E-state index in [1.807, 2.05) is 0 Å². The Hall–Kier alpha value is -0.930. The molecule has 0 saturated heterocycles. The number of alkyl halides is 1. The highest BCUT2D eigenvalue weighted by Gasteiger charge is 2.20. The summed E-state index contributed by atoms with van der Waals surface area (Å²) in [6, 6.07) is 1.31. The highest BCUT2D eigenvalue weighted by Crippen LogP contribution is 2.05. The second-order valence-electron chi connectivity index (χ2n) is 2.76. The molecule has 0 spiro atoms. The predicted molar refractivity (Wildman–Crippen MR) is 58.5 cm³/mol. The first-order valence-electron chi connectivity index (χ1n) is 4.18. The van der Waals surface area contributed by atoms with Crippen LogP contribution in [0, 0.1) is 0 Å². The number of aromatic nitrogens is 2. The number of halogens is 1. The number of sulfonamides is 1. The number of methoxy groups -OCH3 is 1. The maximum Gasteiger partial charge on any atom is 0.320 e. The number of ether oxygens (including phenoxy) is 1. The maximum atomic E-state index is 11.6. The van der Waals surface area contributed by atoms with Crippen LogP contribution >= 0.6 is 15.9 Å². The van der Waals surface area contributed by atoms with Gasteiger partial charge in [-0.05, 0) is 6.07 Å². The van der Waals surface area contributed by atoms with Gasteiger partial charge in [-0.1, -0.05) is 15.9 Å². The van der Waals surface area contributed by atoms with Gasteiger partial charge in [0.25, 0.3) is 10.0 Å². The molecule has 1 aromatic heterocycles. The number of aromatic amines is 1. The maximum absolute atomic E-state index is 11.6. The van der Waals surface area contributed by atoms with Gasteiger partial charge < -0.3 is 4.74 Å². The fourth-order valence-corrected chi connectivity index (χ4v) is 2.38. The molecule has 1 heterocycles. The molecule has 1 aromatic rings. The first-order chi connectivity index (χ1) is 7.47. The van der Waals surface area contributed by atoms with Gasteiger partial charge in [-0.3, -0.25) is 9.89 Å². The van der Waals surface area contributed by atoms with E-state index in [4.69, 9.17) is 0 Å². The van der Waals surface area contributed by atoms with Gasteiger partial charge in [-0.25, -0.2) is 13.1 Å². The van der Waals surface area contributed by atoms with E-state index in [0.717, 1.165) is 0 Å². The lowest BCUT2D eigenvalue weighted by molar-refractivity contribution is -0.139. The van der Waals surface area contributed by atoms with Crippen molar-refractivity contribution in [1.29, 1.82) is 0 Å². The molecule has 16 heavy (non-hydrogen) atoms. The summed E-state index contributed by atoms with van der Waals surface area (Å²) < 4.78 is 29.8. The molecule has 90 valence electrons. The molecule has 7 nitrogen and oxygen atoms in total. The summed E-state index contributed by atoms with van der Waals surface area (Å²) in [6.45, 7) is -0.103. The van der Waals surface area contributed by atoms with E-state index in [1.165, 1.54) is 19.4 Å². The van der Waals surface area contributed by atoms with Crippen LogP contribution in [0.5, 0.6) is 0 Å². The van der Waals surface area contributed by atoms with Crippen LogP contribution in [0.1, 0.15) is 0 Å².